The van der Waals surface area contributed by atoms with Crippen LogP contribution in [-0.4, -0.2) is 32.7 Å². The highest BCUT2D eigenvalue weighted by molar-refractivity contribution is 5.99. The highest BCUT2D eigenvalue weighted by Crippen LogP contribution is 2.32. The molecular formula is C14H15N5O3. The maximum Gasteiger partial charge on any atom is 0.265 e. The molecule has 0 spiro atoms. The van der Waals surface area contributed by atoms with E-state index in [2.05, 4.69) is 20.7 Å². The Morgan fingerprint density at radius 1 is 1.50 bits per heavy atom. The van der Waals surface area contributed by atoms with E-state index in [-0.39, 0.29) is 18.2 Å². The van der Waals surface area contributed by atoms with Gasteiger partial charge in [-0.2, -0.15) is 5.10 Å². The molecule has 8 nitrogen and oxygen atoms in total. The van der Waals surface area contributed by atoms with Gasteiger partial charge in [0.1, 0.15) is 18.4 Å². The lowest BCUT2D eigenvalue weighted by molar-refractivity contribution is -0.122. The van der Waals surface area contributed by atoms with Crippen molar-refractivity contribution in [3.05, 3.63) is 30.9 Å². The molecule has 0 unspecified atom stereocenters. The van der Waals surface area contributed by atoms with Crippen molar-refractivity contribution in [2.45, 2.75) is 26.0 Å². The fraction of sp³-hybridized carbons (Fsp3) is 0.286. The first kappa shape index (κ1) is 14.1. The minimum Gasteiger partial charge on any atom is -0.479 e. The zero-order valence-electron chi connectivity index (χ0n) is 11.9. The Bertz CT molecular complexity index is 699. The molecule has 1 aromatic heterocycles. The number of hydrogen-bond donors (Lipinski definition) is 2. The maximum absolute atomic E-state index is 11.9. The molecule has 0 saturated heterocycles. The minimum absolute atomic E-state index is 0.146. The van der Waals surface area contributed by atoms with Gasteiger partial charge in [0, 0.05) is 12.1 Å². The van der Waals surface area contributed by atoms with Gasteiger partial charge in [0.25, 0.3) is 5.91 Å². The van der Waals surface area contributed by atoms with E-state index >= 15 is 0 Å². The lowest BCUT2D eigenvalue weighted by Crippen LogP contribution is -2.34. The van der Waals surface area contributed by atoms with Crippen LogP contribution in [-0.2, 0) is 16.1 Å². The number of anilines is 2. The molecule has 0 aliphatic carbocycles. The predicted molar refractivity (Wildman–Crippen MR) is 78.4 cm³/mol. The van der Waals surface area contributed by atoms with Crippen LogP contribution >= 0.6 is 0 Å². The van der Waals surface area contributed by atoms with Crippen molar-refractivity contribution in [3.63, 3.8) is 0 Å². The molecule has 1 atom stereocenters. The maximum atomic E-state index is 11.9. The summed E-state index contributed by atoms with van der Waals surface area (Å²) in [5, 5.41) is 9.44. The monoisotopic (exact) mass is 301 g/mol. The molecule has 0 radical (unpaired) electrons. The molecule has 22 heavy (non-hydrogen) atoms. The number of aromatic nitrogens is 3. The number of aryl methyl sites for hydroxylation is 1. The molecule has 2 aromatic rings. The number of rotatable bonds is 4. The van der Waals surface area contributed by atoms with Gasteiger partial charge in [0.05, 0.1) is 12.2 Å². The van der Waals surface area contributed by atoms with E-state index in [4.69, 9.17) is 4.74 Å². The number of nitrogens with one attached hydrogen (secondary N) is 2. The second-order valence-corrected chi connectivity index (χ2v) is 4.92. The second-order valence-electron chi connectivity index (χ2n) is 4.92. The summed E-state index contributed by atoms with van der Waals surface area (Å²) in [4.78, 5) is 27.3. The summed E-state index contributed by atoms with van der Waals surface area (Å²) in [5.74, 6) is 0.238. The molecule has 1 aliphatic heterocycles. The third-order valence-corrected chi connectivity index (χ3v) is 3.23. The lowest BCUT2D eigenvalue weighted by Gasteiger charge is -2.23. The minimum atomic E-state index is -0.518. The van der Waals surface area contributed by atoms with E-state index < -0.39 is 6.10 Å². The molecule has 2 heterocycles. The van der Waals surface area contributed by atoms with Crippen LogP contribution in [0.2, 0.25) is 0 Å². The number of ether oxygens (including phenoxy) is 1. The highest BCUT2D eigenvalue weighted by atomic mass is 16.5. The summed E-state index contributed by atoms with van der Waals surface area (Å²) in [5.41, 5.74) is 1.15. The second kappa shape index (κ2) is 5.84. The Balaban J connectivity index is 1.62. The van der Waals surface area contributed by atoms with Crippen LogP contribution in [0, 0.1) is 0 Å². The van der Waals surface area contributed by atoms with Crippen molar-refractivity contribution < 1.29 is 14.3 Å². The average Bonchev–Trinajstić information content (AvgIpc) is 3.00. The van der Waals surface area contributed by atoms with E-state index in [9.17, 15) is 9.59 Å². The Morgan fingerprint density at radius 3 is 3.14 bits per heavy atom. The molecule has 8 heteroatoms. The molecule has 0 fully saturated rings. The number of carbonyl (C=O) groups is 2. The molecule has 2 amide bonds. The van der Waals surface area contributed by atoms with Crippen molar-refractivity contribution >= 4 is 23.2 Å². The van der Waals surface area contributed by atoms with Crippen LogP contribution < -0.4 is 15.4 Å². The molecular weight excluding hydrogens is 286 g/mol. The van der Waals surface area contributed by atoms with Crippen LogP contribution in [0.15, 0.2) is 30.9 Å². The van der Waals surface area contributed by atoms with E-state index in [1.165, 1.54) is 6.33 Å². The standard InChI is InChI=1S/C14H15N5O3/c1-9-14(21)18-11-6-10(2-3-12(11)22-9)17-13(20)4-5-19-8-15-7-16-19/h2-3,6-9H,4-5H2,1H3,(H,17,20)(H,18,21)/t9-/m1/s1. The van der Waals surface area contributed by atoms with E-state index in [1.807, 2.05) is 0 Å². The smallest absolute Gasteiger partial charge is 0.265 e. The van der Waals surface area contributed by atoms with Gasteiger partial charge in [0.15, 0.2) is 6.10 Å². The zero-order chi connectivity index (χ0) is 15.5. The van der Waals surface area contributed by atoms with Crippen LogP contribution in [0.1, 0.15) is 13.3 Å². The molecule has 3 rings (SSSR count). The van der Waals surface area contributed by atoms with E-state index in [0.29, 0.717) is 23.7 Å². The summed E-state index contributed by atoms with van der Waals surface area (Å²) in [7, 11) is 0. The molecule has 0 saturated carbocycles. The Hall–Kier alpha value is -2.90. The van der Waals surface area contributed by atoms with Gasteiger partial charge in [-0.1, -0.05) is 0 Å². The molecule has 0 bridgehead atoms. The highest BCUT2D eigenvalue weighted by Gasteiger charge is 2.23. The van der Waals surface area contributed by atoms with Gasteiger partial charge < -0.3 is 15.4 Å². The van der Waals surface area contributed by atoms with E-state index in [1.54, 1.807) is 36.1 Å². The van der Waals surface area contributed by atoms with Crippen LogP contribution in [0.4, 0.5) is 11.4 Å². The first-order chi connectivity index (χ1) is 10.6. The van der Waals surface area contributed by atoms with Gasteiger partial charge in [-0.05, 0) is 25.1 Å². The summed E-state index contributed by atoms with van der Waals surface area (Å²) in [6, 6.07) is 5.13. The third-order valence-electron chi connectivity index (χ3n) is 3.23. The van der Waals surface area contributed by atoms with Crippen LogP contribution in [0.25, 0.3) is 0 Å². The number of fused-ring (bicyclic) bond motifs is 1. The van der Waals surface area contributed by atoms with Crippen molar-refractivity contribution in [1.82, 2.24) is 14.8 Å². The van der Waals surface area contributed by atoms with Gasteiger partial charge in [-0.25, -0.2) is 4.98 Å². The SMILES string of the molecule is C[C@H]1Oc2ccc(NC(=O)CCn3cncn3)cc2NC1=O. The van der Waals surface area contributed by atoms with Gasteiger partial charge in [-0.3, -0.25) is 14.3 Å². The Kier molecular flexibility index (Phi) is 3.73. The van der Waals surface area contributed by atoms with E-state index in [0.717, 1.165) is 0 Å². The Morgan fingerprint density at radius 2 is 2.36 bits per heavy atom. The first-order valence-electron chi connectivity index (χ1n) is 6.85. The molecule has 2 N–H and O–H groups in total. The molecule has 1 aromatic carbocycles. The molecule has 1 aliphatic rings. The fourth-order valence-corrected chi connectivity index (χ4v) is 2.07. The van der Waals surface area contributed by atoms with Gasteiger partial charge in [0.2, 0.25) is 5.91 Å². The van der Waals surface area contributed by atoms with Crippen molar-refractivity contribution in [1.29, 1.82) is 0 Å². The normalized spacial score (nSPS) is 16.4. The van der Waals surface area contributed by atoms with Crippen LogP contribution in [0.3, 0.4) is 0 Å². The largest absolute Gasteiger partial charge is 0.479 e. The number of carbonyl (C=O) groups excluding carboxylic acids is 2. The van der Waals surface area contributed by atoms with Crippen molar-refractivity contribution in [2.75, 3.05) is 10.6 Å². The van der Waals surface area contributed by atoms with Gasteiger partial charge in [-0.15, -0.1) is 0 Å². The number of benzene rings is 1. The van der Waals surface area contributed by atoms with Crippen molar-refractivity contribution in [3.8, 4) is 5.75 Å². The zero-order valence-corrected chi connectivity index (χ0v) is 11.9. The fourth-order valence-electron chi connectivity index (χ4n) is 2.07. The topological polar surface area (TPSA) is 98.1 Å². The van der Waals surface area contributed by atoms with Crippen LogP contribution in [0.5, 0.6) is 5.75 Å². The first-order valence-corrected chi connectivity index (χ1v) is 6.85. The summed E-state index contributed by atoms with van der Waals surface area (Å²) >= 11 is 0. The quantitative estimate of drug-likeness (QED) is 0.878. The van der Waals surface area contributed by atoms with Gasteiger partial charge >= 0.3 is 0 Å². The third kappa shape index (κ3) is 3.05. The lowest BCUT2D eigenvalue weighted by atomic mass is 10.2. The van der Waals surface area contributed by atoms with Crippen molar-refractivity contribution in [2.24, 2.45) is 0 Å². The summed E-state index contributed by atoms with van der Waals surface area (Å²) in [6.45, 7) is 2.13. The number of nitrogens with zero attached hydrogens (tertiary/aromatic N) is 3. The number of amides is 2. The average molecular weight is 301 g/mol. The molecule has 114 valence electrons. The summed E-state index contributed by atoms with van der Waals surface area (Å²) in [6.07, 6.45) is 2.74. The predicted octanol–water partition coefficient (Wildman–Crippen LogP) is 1.03. The summed E-state index contributed by atoms with van der Waals surface area (Å²) < 4.78 is 7.04. The number of hydrogen-bond acceptors (Lipinski definition) is 5. The Labute approximate surface area is 126 Å².